The number of rotatable bonds is 6. The van der Waals surface area contributed by atoms with Gasteiger partial charge in [0.25, 0.3) is 11.8 Å². The molecule has 216 valence electrons. The van der Waals surface area contributed by atoms with Gasteiger partial charge in [0.15, 0.2) is 0 Å². The summed E-state index contributed by atoms with van der Waals surface area (Å²) in [5.41, 5.74) is 5.24. The normalized spacial score (nSPS) is 20.8. The highest BCUT2D eigenvalue weighted by Crippen LogP contribution is 2.65. The smallest absolute Gasteiger partial charge is 0.255 e. The second kappa shape index (κ2) is 10.7. The van der Waals surface area contributed by atoms with E-state index in [1.165, 1.54) is 17.7 Å². The summed E-state index contributed by atoms with van der Waals surface area (Å²) in [5.74, 6) is 0.0540. The Labute approximate surface area is 254 Å². The summed E-state index contributed by atoms with van der Waals surface area (Å²) >= 11 is 6.12. The van der Waals surface area contributed by atoms with Gasteiger partial charge in [-0.2, -0.15) is 0 Å². The maximum atomic E-state index is 13.6. The van der Waals surface area contributed by atoms with Crippen LogP contribution >= 0.6 is 11.6 Å². The molecule has 1 aromatic heterocycles. The number of fused-ring (bicyclic) bond motifs is 1. The molecule has 1 heterocycles. The fraction of sp³-hybridized carbons (Fsp3) is 0.222. The summed E-state index contributed by atoms with van der Waals surface area (Å²) in [6, 6.07) is 27.3. The van der Waals surface area contributed by atoms with Crippen molar-refractivity contribution in [2.45, 2.75) is 37.6 Å². The van der Waals surface area contributed by atoms with Gasteiger partial charge in [-0.15, -0.1) is 0 Å². The van der Waals surface area contributed by atoms with Crippen LogP contribution in [0.2, 0.25) is 5.02 Å². The number of hydrogen-bond acceptors (Lipinski definition) is 3. The molecule has 2 N–H and O–H groups in total. The molecule has 0 radical (unpaired) electrons. The average molecular weight is 593 g/mol. The topological polar surface area (TPSA) is 71.3 Å². The van der Waals surface area contributed by atoms with E-state index in [9.17, 15) is 14.0 Å². The van der Waals surface area contributed by atoms with Gasteiger partial charge in [-0.3, -0.25) is 9.59 Å². The van der Waals surface area contributed by atoms with Gasteiger partial charge in [-0.25, -0.2) is 4.39 Å². The lowest BCUT2D eigenvalue weighted by Crippen LogP contribution is -2.30. The van der Waals surface area contributed by atoms with Gasteiger partial charge in [-0.05, 0) is 108 Å². The Kier molecular flexibility index (Phi) is 6.82. The van der Waals surface area contributed by atoms with Crippen molar-refractivity contribution < 1.29 is 18.4 Å². The van der Waals surface area contributed by atoms with Gasteiger partial charge in [0.2, 0.25) is 0 Å². The molecule has 2 fully saturated rings. The molecule has 2 aliphatic rings. The molecule has 5 nitrogen and oxygen atoms in total. The molecule has 2 aliphatic carbocycles. The predicted molar refractivity (Wildman–Crippen MR) is 167 cm³/mol. The van der Waals surface area contributed by atoms with E-state index in [4.69, 9.17) is 16.0 Å². The largest absolute Gasteiger partial charge is 0.455 e. The van der Waals surface area contributed by atoms with Crippen LogP contribution in [-0.4, -0.2) is 24.9 Å². The van der Waals surface area contributed by atoms with Crippen LogP contribution < -0.4 is 10.6 Å². The highest BCUT2D eigenvalue weighted by molar-refractivity contribution is 6.30. The zero-order valence-electron chi connectivity index (χ0n) is 23.6. The molecule has 5 aromatic rings. The minimum absolute atomic E-state index is 0.0838. The summed E-state index contributed by atoms with van der Waals surface area (Å²) in [5, 5.41) is 7.39. The van der Waals surface area contributed by atoms with E-state index in [0.717, 1.165) is 41.8 Å². The molecular formula is C36H30ClFN2O3. The summed E-state index contributed by atoms with van der Waals surface area (Å²) in [6.07, 6.45) is 4.39. The molecule has 2 amide bonds. The predicted octanol–water partition coefficient (Wildman–Crippen LogP) is 8.38. The summed E-state index contributed by atoms with van der Waals surface area (Å²) in [6.45, 7) is 0. The summed E-state index contributed by atoms with van der Waals surface area (Å²) in [7, 11) is 1.56. The van der Waals surface area contributed by atoms with Crippen LogP contribution in [0.15, 0.2) is 95.4 Å². The van der Waals surface area contributed by atoms with E-state index >= 15 is 0 Å². The zero-order chi connectivity index (χ0) is 29.7. The molecule has 0 saturated heterocycles. The zero-order valence-corrected chi connectivity index (χ0v) is 24.4. The molecule has 2 saturated carbocycles. The van der Waals surface area contributed by atoms with Crippen molar-refractivity contribution >= 4 is 34.4 Å². The Morgan fingerprint density at radius 2 is 1.65 bits per heavy atom. The first-order chi connectivity index (χ1) is 20.9. The minimum Gasteiger partial charge on any atom is -0.455 e. The lowest BCUT2D eigenvalue weighted by Gasteiger charge is -2.21. The number of hydrogen-bond donors (Lipinski definition) is 2. The second-order valence-corrected chi connectivity index (χ2v) is 12.1. The molecule has 4 aromatic carbocycles. The lowest BCUT2D eigenvalue weighted by molar-refractivity contribution is 0.0941. The number of benzene rings is 4. The number of nitrogens with one attached hydrogen (secondary N) is 2. The van der Waals surface area contributed by atoms with E-state index in [2.05, 4.69) is 22.8 Å². The average Bonchev–Trinajstić information content (AvgIpc) is 3.34. The molecule has 1 spiro atoms. The SMILES string of the molecule is CNC(=O)c1c(-c2ccc(F)cc2)oc2ccc(-c3cccc(C(=O)NC4C[C@@]45CCC[C@H]5c4ccc(Cl)cc4)c3)cc12. The van der Waals surface area contributed by atoms with E-state index in [1.807, 2.05) is 54.6 Å². The van der Waals surface area contributed by atoms with Crippen LogP contribution in [0.3, 0.4) is 0 Å². The van der Waals surface area contributed by atoms with Crippen LogP contribution in [0, 0.1) is 11.2 Å². The van der Waals surface area contributed by atoms with Crippen LogP contribution in [-0.2, 0) is 0 Å². The molecule has 43 heavy (non-hydrogen) atoms. The standard InChI is InChI=1S/C36H30ClFN2O3/c1-39-35(42)32-28-19-24(11-16-30(28)43-33(32)22-9-14-27(38)15-10-22)23-4-2-5-25(18-23)34(41)40-31-20-36(31)17-3-6-29(36)21-7-12-26(37)13-8-21/h2,4-5,7-16,18-19,29,31H,3,6,17,20H2,1H3,(H,39,42)(H,40,41)/t29-,31?,36+/m0/s1. The van der Waals surface area contributed by atoms with Crippen LogP contribution in [0.4, 0.5) is 4.39 Å². The van der Waals surface area contributed by atoms with Crippen molar-refractivity contribution in [1.29, 1.82) is 0 Å². The number of halogens is 2. The highest BCUT2D eigenvalue weighted by Gasteiger charge is 2.61. The maximum absolute atomic E-state index is 13.6. The molecule has 0 aliphatic heterocycles. The minimum atomic E-state index is -0.367. The number of amides is 2. The Morgan fingerprint density at radius 1 is 0.907 bits per heavy atom. The third-order valence-corrected chi connectivity index (χ3v) is 9.48. The first-order valence-corrected chi connectivity index (χ1v) is 15.0. The monoisotopic (exact) mass is 592 g/mol. The Hall–Kier alpha value is -4.42. The lowest BCUT2D eigenvalue weighted by atomic mass is 9.85. The summed E-state index contributed by atoms with van der Waals surface area (Å²) < 4.78 is 19.7. The van der Waals surface area contributed by atoms with Gasteiger partial charge in [0.1, 0.15) is 17.2 Å². The molecule has 1 unspecified atom stereocenters. The second-order valence-electron chi connectivity index (χ2n) is 11.6. The van der Waals surface area contributed by atoms with Crippen molar-refractivity contribution in [3.8, 4) is 22.5 Å². The fourth-order valence-corrected chi connectivity index (χ4v) is 7.11. The van der Waals surface area contributed by atoms with Crippen LogP contribution in [0.1, 0.15) is 57.9 Å². The Balaban J connectivity index is 1.15. The molecule has 3 atom stereocenters. The highest BCUT2D eigenvalue weighted by atomic mass is 35.5. The number of carbonyl (C=O) groups excluding carboxylic acids is 2. The van der Waals surface area contributed by atoms with Gasteiger partial charge >= 0.3 is 0 Å². The third-order valence-electron chi connectivity index (χ3n) is 9.23. The Morgan fingerprint density at radius 3 is 2.42 bits per heavy atom. The van der Waals surface area contributed by atoms with Crippen molar-refractivity contribution in [3.05, 3.63) is 119 Å². The first kappa shape index (κ1) is 27.4. The Bertz CT molecular complexity index is 1860. The van der Waals surface area contributed by atoms with E-state index < -0.39 is 0 Å². The van der Waals surface area contributed by atoms with Crippen LogP contribution in [0.5, 0.6) is 0 Å². The quantitative estimate of drug-likeness (QED) is 0.208. The van der Waals surface area contributed by atoms with Crippen molar-refractivity contribution in [3.63, 3.8) is 0 Å². The molecule has 7 heteroatoms. The first-order valence-electron chi connectivity index (χ1n) is 14.6. The fourth-order valence-electron chi connectivity index (χ4n) is 6.98. The molecule has 0 bridgehead atoms. The van der Waals surface area contributed by atoms with Gasteiger partial charge in [0.05, 0.1) is 5.56 Å². The number of furan rings is 1. The van der Waals surface area contributed by atoms with E-state index in [-0.39, 0.29) is 29.1 Å². The molecule has 7 rings (SSSR count). The van der Waals surface area contributed by atoms with E-state index in [0.29, 0.717) is 39.3 Å². The van der Waals surface area contributed by atoms with Crippen molar-refractivity contribution in [2.75, 3.05) is 7.05 Å². The van der Waals surface area contributed by atoms with Gasteiger partial charge in [0, 0.05) is 34.6 Å². The molecular weight excluding hydrogens is 563 g/mol. The number of carbonyl (C=O) groups is 2. The van der Waals surface area contributed by atoms with Gasteiger partial charge < -0.3 is 15.1 Å². The summed E-state index contributed by atoms with van der Waals surface area (Å²) in [4.78, 5) is 26.4. The van der Waals surface area contributed by atoms with Gasteiger partial charge in [-0.1, -0.05) is 48.4 Å². The maximum Gasteiger partial charge on any atom is 0.255 e. The van der Waals surface area contributed by atoms with Crippen LogP contribution in [0.25, 0.3) is 33.4 Å². The van der Waals surface area contributed by atoms with Crippen molar-refractivity contribution in [1.82, 2.24) is 10.6 Å². The van der Waals surface area contributed by atoms with E-state index in [1.54, 1.807) is 19.2 Å². The third kappa shape index (κ3) is 4.90. The van der Waals surface area contributed by atoms with Crippen molar-refractivity contribution in [2.24, 2.45) is 5.41 Å².